The van der Waals surface area contributed by atoms with Gasteiger partial charge in [-0.2, -0.15) is 0 Å². The molecule has 0 heterocycles. The topological polar surface area (TPSA) is 74.6 Å². The van der Waals surface area contributed by atoms with Crippen LogP contribution < -0.4 is 0 Å². The molecule has 0 saturated carbocycles. The summed E-state index contributed by atoms with van der Waals surface area (Å²) in [7, 11) is 0. The van der Waals surface area contributed by atoms with Crippen molar-refractivity contribution in [1.29, 1.82) is 0 Å². The molecule has 0 aliphatic rings. The minimum absolute atomic E-state index is 0.186. The normalized spacial score (nSPS) is 10.8. The van der Waals surface area contributed by atoms with Crippen molar-refractivity contribution >= 4 is 33.5 Å². The van der Waals surface area contributed by atoms with Crippen LogP contribution in [-0.4, -0.2) is 22.2 Å². The van der Waals surface area contributed by atoms with Crippen LogP contribution in [0.25, 0.3) is 21.5 Å². The average molecular weight is 266 g/mol. The number of benzene rings is 3. The lowest BCUT2D eigenvalue weighted by Gasteiger charge is -2.06. The number of carboxylic acid groups (broad SMARTS) is 2. The number of carbonyl (C=O) groups is 2. The van der Waals surface area contributed by atoms with Crippen LogP contribution >= 0.6 is 0 Å². The Bertz CT molecular complexity index is 792. The van der Waals surface area contributed by atoms with Crippen molar-refractivity contribution in [3.8, 4) is 0 Å². The fraction of sp³-hybridized carbons (Fsp3) is 0. The second kappa shape index (κ2) is 4.35. The predicted molar refractivity (Wildman–Crippen MR) is 75.4 cm³/mol. The van der Waals surface area contributed by atoms with Crippen LogP contribution in [0.15, 0.2) is 48.5 Å². The Labute approximate surface area is 113 Å². The molecule has 3 aromatic carbocycles. The zero-order valence-corrected chi connectivity index (χ0v) is 10.3. The third-order valence-electron chi connectivity index (χ3n) is 3.33. The summed E-state index contributed by atoms with van der Waals surface area (Å²) in [6.07, 6.45) is 0. The van der Waals surface area contributed by atoms with Crippen molar-refractivity contribution in [3.63, 3.8) is 0 Å². The maximum absolute atomic E-state index is 11.1. The fourth-order valence-electron chi connectivity index (χ4n) is 2.32. The number of aromatic carboxylic acids is 2. The van der Waals surface area contributed by atoms with E-state index in [1.54, 1.807) is 24.3 Å². The molecule has 20 heavy (non-hydrogen) atoms. The first-order valence-electron chi connectivity index (χ1n) is 5.99. The molecular formula is C16H10O4. The molecule has 0 aliphatic heterocycles. The first-order valence-corrected chi connectivity index (χ1v) is 5.99. The summed E-state index contributed by atoms with van der Waals surface area (Å²) in [5.74, 6) is -2.00. The molecule has 2 N–H and O–H groups in total. The smallest absolute Gasteiger partial charge is 0.335 e. The third-order valence-corrected chi connectivity index (χ3v) is 3.33. The average Bonchev–Trinajstić information content (AvgIpc) is 2.45. The first kappa shape index (κ1) is 12.2. The van der Waals surface area contributed by atoms with Crippen molar-refractivity contribution in [1.82, 2.24) is 0 Å². The summed E-state index contributed by atoms with van der Waals surface area (Å²) >= 11 is 0. The molecule has 0 spiro atoms. The second-order valence-electron chi connectivity index (χ2n) is 4.55. The van der Waals surface area contributed by atoms with Gasteiger partial charge >= 0.3 is 11.9 Å². The van der Waals surface area contributed by atoms with E-state index in [2.05, 4.69) is 0 Å². The minimum Gasteiger partial charge on any atom is -0.478 e. The third kappa shape index (κ3) is 1.87. The van der Waals surface area contributed by atoms with Gasteiger partial charge in [-0.05, 0) is 45.8 Å². The summed E-state index contributed by atoms with van der Waals surface area (Å²) in [4.78, 5) is 22.1. The van der Waals surface area contributed by atoms with Crippen LogP contribution in [0.5, 0.6) is 0 Å². The van der Waals surface area contributed by atoms with Gasteiger partial charge in [0, 0.05) is 0 Å². The molecule has 0 aromatic heterocycles. The van der Waals surface area contributed by atoms with E-state index in [9.17, 15) is 9.59 Å². The number of carboxylic acids is 2. The van der Waals surface area contributed by atoms with E-state index in [0.717, 1.165) is 21.5 Å². The molecule has 3 rings (SSSR count). The molecule has 0 fully saturated rings. The highest BCUT2D eigenvalue weighted by Crippen LogP contribution is 2.27. The van der Waals surface area contributed by atoms with E-state index >= 15 is 0 Å². The van der Waals surface area contributed by atoms with Crippen molar-refractivity contribution in [2.75, 3.05) is 0 Å². The maximum atomic E-state index is 11.1. The molecule has 0 atom stereocenters. The second-order valence-corrected chi connectivity index (χ2v) is 4.55. The molecule has 0 amide bonds. The van der Waals surface area contributed by atoms with Gasteiger partial charge in [0.2, 0.25) is 0 Å². The molecule has 3 aromatic rings. The highest BCUT2D eigenvalue weighted by atomic mass is 16.4. The zero-order chi connectivity index (χ0) is 14.3. The van der Waals surface area contributed by atoms with Crippen LogP contribution in [-0.2, 0) is 0 Å². The SMILES string of the molecule is O=C(O)c1ccc2ccc3ccc(C(=O)O)cc3c2c1. The molecule has 4 heteroatoms. The van der Waals surface area contributed by atoms with Crippen molar-refractivity contribution in [3.05, 3.63) is 59.7 Å². The van der Waals surface area contributed by atoms with E-state index in [-0.39, 0.29) is 11.1 Å². The Morgan fingerprint density at radius 2 is 1.00 bits per heavy atom. The lowest BCUT2D eigenvalue weighted by atomic mass is 9.98. The van der Waals surface area contributed by atoms with E-state index < -0.39 is 11.9 Å². The Balaban J connectivity index is 2.41. The van der Waals surface area contributed by atoms with Gasteiger partial charge < -0.3 is 10.2 Å². The zero-order valence-electron chi connectivity index (χ0n) is 10.3. The molecule has 98 valence electrons. The lowest BCUT2D eigenvalue weighted by Crippen LogP contribution is -1.97. The molecule has 0 radical (unpaired) electrons. The van der Waals surface area contributed by atoms with Crippen molar-refractivity contribution in [2.45, 2.75) is 0 Å². The molecule has 4 nitrogen and oxygen atoms in total. The van der Waals surface area contributed by atoms with Crippen LogP contribution in [0.4, 0.5) is 0 Å². The van der Waals surface area contributed by atoms with Crippen LogP contribution in [0.1, 0.15) is 20.7 Å². The Morgan fingerprint density at radius 1 is 0.650 bits per heavy atom. The van der Waals surface area contributed by atoms with Gasteiger partial charge in [-0.15, -0.1) is 0 Å². The van der Waals surface area contributed by atoms with Gasteiger partial charge in [-0.3, -0.25) is 0 Å². The van der Waals surface area contributed by atoms with E-state index in [1.807, 2.05) is 12.1 Å². The van der Waals surface area contributed by atoms with E-state index in [4.69, 9.17) is 10.2 Å². The number of hydrogen-bond donors (Lipinski definition) is 2. The van der Waals surface area contributed by atoms with Crippen LogP contribution in [0.3, 0.4) is 0 Å². The molecular weight excluding hydrogens is 256 g/mol. The van der Waals surface area contributed by atoms with Gasteiger partial charge in [0.05, 0.1) is 11.1 Å². The summed E-state index contributed by atoms with van der Waals surface area (Å²) in [6, 6.07) is 13.5. The first-order chi connectivity index (χ1) is 9.56. The van der Waals surface area contributed by atoms with Gasteiger partial charge in [-0.1, -0.05) is 24.3 Å². The summed E-state index contributed by atoms with van der Waals surface area (Å²) in [5, 5.41) is 21.4. The number of fused-ring (bicyclic) bond motifs is 3. The summed E-state index contributed by atoms with van der Waals surface area (Å²) in [5.41, 5.74) is 0.372. The van der Waals surface area contributed by atoms with Gasteiger partial charge in [-0.25, -0.2) is 9.59 Å². The Hall–Kier alpha value is -2.88. The van der Waals surface area contributed by atoms with Gasteiger partial charge in [0.15, 0.2) is 0 Å². The highest BCUT2D eigenvalue weighted by Gasteiger charge is 2.09. The molecule has 0 saturated heterocycles. The Morgan fingerprint density at radius 3 is 1.35 bits per heavy atom. The number of rotatable bonds is 2. The number of hydrogen-bond acceptors (Lipinski definition) is 2. The van der Waals surface area contributed by atoms with Crippen LogP contribution in [0, 0.1) is 0 Å². The summed E-state index contributed by atoms with van der Waals surface area (Å²) < 4.78 is 0. The molecule has 0 bridgehead atoms. The van der Waals surface area contributed by atoms with E-state index in [1.165, 1.54) is 12.1 Å². The van der Waals surface area contributed by atoms with Crippen LogP contribution in [0.2, 0.25) is 0 Å². The quantitative estimate of drug-likeness (QED) is 0.697. The van der Waals surface area contributed by atoms with E-state index in [0.29, 0.717) is 0 Å². The van der Waals surface area contributed by atoms with Gasteiger partial charge in [0.1, 0.15) is 0 Å². The standard InChI is InChI=1S/C16H10O4/c17-15(18)11-5-3-9-1-2-10-4-6-12(16(19)20)8-14(10)13(9)7-11/h1-8H,(H,17,18)(H,19,20). The minimum atomic E-state index is -1.00. The monoisotopic (exact) mass is 266 g/mol. The van der Waals surface area contributed by atoms with Crippen molar-refractivity contribution < 1.29 is 19.8 Å². The highest BCUT2D eigenvalue weighted by molar-refractivity contribution is 6.11. The predicted octanol–water partition coefficient (Wildman–Crippen LogP) is 3.39. The lowest BCUT2D eigenvalue weighted by molar-refractivity contribution is 0.0686. The van der Waals surface area contributed by atoms with Gasteiger partial charge in [0.25, 0.3) is 0 Å². The fourth-order valence-corrected chi connectivity index (χ4v) is 2.32. The molecule has 0 aliphatic carbocycles. The Kier molecular flexibility index (Phi) is 2.64. The maximum Gasteiger partial charge on any atom is 0.335 e. The largest absolute Gasteiger partial charge is 0.478 e. The molecule has 0 unspecified atom stereocenters. The summed E-state index contributed by atoms with van der Waals surface area (Å²) in [6.45, 7) is 0. The van der Waals surface area contributed by atoms with Crippen molar-refractivity contribution in [2.24, 2.45) is 0 Å².